The molecule has 37 heavy (non-hydrogen) atoms. The maximum Gasteiger partial charge on any atom is 0.317 e. The number of rotatable bonds is 4. The minimum absolute atomic E-state index is 0.193. The zero-order valence-electron chi connectivity index (χ0n) is 20.6. The minimum atomic E-state index is -0.409. The van der Waals surface area contributed by atoms with Gasteiger partial charge < -0.3 is 29.7 Å². The summed E-state index contributed by atoms with van der Waals surface area (Å²) in [4.78, 5) is 27.7. The fraction of sp³-hybridized carbons (Fsp3) is 0.385. The van der Waals surface area contributed by atoms with E-state index in [1.54, 1.807) is 41.1 Å². The second kappa shape index (κ2) is 11.3. The number of amides is 3. The zero-order valence-corrected chi connectivity index (χ0v) is 20.6. The normalized spacial score (nSPS) is 19.6. The van der Waals surface area contributed by atoms with Crippen molar-refractivity contribution in [1.82, 2.24) is 30.5 Å². The Morgan fingerprint density at radius 1 is 1.22 bits per heavy atom. The molecule has 3 aromatic rings. The highest BCUT2D eigenvalue weighted by Crippen LogP contribution is 2.28. The number of nitrogens with zero attached hydrogens (tertiary/aromatic N) is 4. The smallest absolute Gasteiger partial charge is 0.317 e. The van der Waals surface area contributed by atoms with Crippen molar-refractivity contribution in [1.29, 1.82) is 0 Å². The van der Waals surface area contributed by atoms with Crippen molar-refractivity contribution in [2.45, 2.75) is 31.7 Å². The number of carbonyl (C=O) groups is 2. The Bertz CT molecular complexity index is 1230. The number of ether oxygens (including phenoxy) is 3. The summed E-state index contributed by atoms with van der Waals surface area (Å²) in [5.74, 6) is 0.709. The van der Waals surface area contributed by atoms with Gasteiger partial charge in [-0.05, 0) is 30.2 Å². The second-order valence-corrected chi connectivity index (χ2v) is 8.99. The van der Waals surface area contributed by atoms with Crippen molar-refractivity contribution >= 4 is 11.9 Å². The highest BCUT2D eigenvalue weighted by molar-refractivity contribution is 5.95. The van der Waals surface area contributed by atoms with E-state index in [4.69, 9.17) is 14.2 Å². The van der Waals surface area contributed by atoms with Gasteiger partial charge in [-0.15, -0.1) is 5.10 Å². The van der Waals surface area contributed by atoms with E-state index >= 15 is 0 Å². The lowest BCUT2D eigenvalue weighted by Gasteiger charge is -2.20. The molecule has 0 spiro atoms. The van der Waals surface area contributed by atoms with Crippen molar-refractivity contribution in [2.24, 2.45) is 0 Å². The molecule has 2 atom stereocenters. The van der Waals surface area contributed by atoms with Gasteiger partial charge in [0.1, 0.15) is 12.3 Å². The van der Waals surface area contributed by atoms with Crippen LogP contribution in [0.25, 0.3) is 0 Å². The third-order valence-corrected chi connectivity index (χ3v) is 6.44. The Hall–Kier alpha value is -4.12. The summed E-state index contributed by atoms with van der Waals surface area (Å²) in [7, 11) is 1.55. The zero-order chi connectivity index (χ0) is 25.6. The van der Waals surface area contributed by atoms with Crippen LogP contribution in [0.5, 0.6) is 11.5 Å². The van der Waals surface area contributed by atoms with E-state index in [2.05, 4.69) is 20.9 Å². The SMILES string of the molecule is COc1ccc2cc1OCCn1cc(nn1)CO[C@H]1CN(C(=O)NCCc3ccccc3)C[C@@H]1NC2=O. The van der Waals surface area contributed by atoms with Gasteiger partial charge in [0.25, 0.3) is 5.91 Å². The van der Waals surface area contributed by atoms with E-state index in [9.17, 15) is 9.59 Å². The largest absolute Gasteiger partial charge is 0.493 e. The van der Waals surface area contributed by atoms with Gasteiger partial charge in [-0.3, -0.25) is 4.79 Å². The number of likely N-dealkylation sites (tertiary alicyclic amines) is 1. The molecule has 2 aliphatic rings. The van der Waals surface area contributed by atoms with Gasteiger partial charge in [-0.2, -0.15) is 0 Å². The van der Waals surface area contributed by atoms with Crippen molar-refractivity contribution in [2.75, 3.05) is 33.4 Å². The van der Waals surface area contributed by atoms with E-state index in [1.165, 1.54) is 0 Å². The van der Waals surface area contributed by atoms with Crippen molar-refractivity contribution in [3.8, 4) is 11.5 Å². The number of methoxy groups -OCH3 is 1. The fourth-order valence-electron chi connectivity index (χ4n) is 4.46. The van der Waals surface area contributed by atoms with Crippen molar-refractivity contribution in [3.05, 3.63) is 71.5 Å². The molecular formula is C26H30N6O5. The molecular weight excluding hydrogens is 476 g/mol. The Balaban J connectivity index is 1.30. The van der Waals surface area contributed by atoms with Crippen LogP contribution in [0.15, 0.2) is 54.7 Å². The first-order valence-electron chi connectivity index (χ1n) is 12.3. The molecule has 2 N–H and O–H groups in total. The Kier molecular flexibility index (Phi) is 7.50. The molecule has 4 bridgehead atoms. The lowest BCUT2D eigenvalue weighted by atomic mass is 10.1. The van der Waals surface area contributed by atoms with Crippen LogP contribution in [0.2, 0.25) is 0 Å². The average Bonchev–Trinajstić information content (AvgIpc) is 3.54. The summed E-state index contributed by atoms with van der Waals surface area (Å²) in [5.41, 5.74) is 2.24. The van der Waals surface area contributed by atoms with Gasteiger partial charge in [-0.25, -0.2) is 9.48 Å². The van der Waals surface area contributed by atoms with Gasteiger partial charge in [0.05, 0.1) is 45.1 Å². The van der Waals surface area contributed by atoms with E-state index in [0.717, 1.165) is 12.0 Å². The molecule has 194 valence electrons. The van der Waals surface area contributed by atoms with Crippen molar-refractivity contribution in [3.63, 3.8) is 0 Å². The Morgan fingerprint density at radius 2 is 2.08 bits per heavy atom. The molecule has 0 saturated carbocycles. The molecule has 11 nitrogen and oxygen atoms in total. The Labute approximate surface area is 214 Å². The van der Waals surface area contributed by atoms with Crippen LogP contribution in [-0.2, 0) is 24.3 Å². The third kappa shape index (κ3) is 6.00. The van der Waals surface area contributed by atoms with Crippen LogP contribution in [0.1, 0.15) is 21.6 Å². The number of hydrogen-bond acceptors (Lipinski definition) is 7. The monoisotopic (exact) mass is 506 g/mol. The Morgan fingerprint density at radius 3 is 2.92 bits per heavy atom. The van der Waals surface area contributed by atoms with Crippen LogP contribution in [0, 0.1) is 0 Å². The first-order chi connectivity index (χ1) is 18.1. The molecule has 1 fully saturated rings. The summed E-state index contributed by atoms with van der Waals surface area (Å²) in [5, 5.41) is 14.3. The van der Waals surface area contributed by atoms with Crippen LogP contribution in [0.4, 0.5) is 4.79 Å². The molecule has 1 saturated heterocycles. The molecule has 5 rings (SSSR count). The highest BCUT2D eigenvalue weighted by Gasteiger charge is 2.37. The molecule has 3 amide bonds. The van der Waals surface area contributed by atoms with Crippen LogP contribution < -0.4 is 20.1 Å². The standard InChI is InChI=1S/C26H30N6O5/c1-35-22-8-7-19-13-23(22)36-12-11-32-14-20(29-30-32)17-37-24-16-31(15-21(24)28-25(19)33)26(34)27-10-9-18-5-3-2-4-6-18/h2-8,13-14,21,24H,9-12,15-17H2,1H3,(H,27,34)(H,28,33)/t21-,24-/m0/s1. The van der Waals surface area contributed by atoms with Gasteiger partial charge in [0.15, 0.2) is 11.5 Å². The maximum atomic E-state index is 13.2. The molecule has 0 unspecified atom stereocenters. The first-order valence-corrected chi connectivity index (χ1v) is 12.3. The van der Waals surface area contributed by atoms with E-state index in [1.807, 2.05) is 30.3 Å². The predicted molar refractivity (Wildman–Crippen MR) is 133 cm³/mol. The number of hydrogen-bond donors (Lipinski definition) is 2. The number of benzene rings is 2. The lowest BCUT2D eigenvalue weighted by molar-refractivity contribution is 0.0310. The summed E-state index contributed by atoms with van der Waals surface area (Å²) in [6.45, 7) is 2.18. The van der Waals surface area contributed by atoms with Crippen molar-refractivity contribution < 1.29 is 23.8 Å². The molecule has 2 aromatic carbocycles. The number of fused-ring (bicyclic) bond motifs is 5. The summed E-state index contributed by atoms with van der Waals surface area (Å²) in [6.07, 6.45) is 2.12. The molecule has 0 radical (unpaired) electrons. The highest BCUT2D eigenvalue weighted by atomic mass is 16.5. The quantitative estimate of drug-likeness (QED) is 0.552. The molecule has 1 aromatic heterocycles. The van der Waals surface area contributed by atoms with E-state index < -0.39 is 12.1 Å². The van der Waals surface area contributed by atoms with Gasteiger partial charge in [0, 0.05) is 18.7 Å². The summed E-state index contributed by atoms with van der Waals surface area (Å²) >= 11 is 0. The van der Waals surface area contributed by atoms with Gasteiger partial charge in [0.2, 0.25) is 0 Å². The first kappa shape index (κ1) is 24.6. The lowest BCUT2D eigenvalue weighted by Crippen LogP contribution is -2.44. The number of carbonyl (C=O) groups excluding carboxylic acids is 2. The second-order valence-electron chi connectivity index (χ2n) is 8.99. The number of urea groups is 1. The molecule has 2 aliphatic heterocycles. The van der Waals surface area contributed by atoms with Crippen LogP contribution in [-0.4, -0.2) is 77.3 Å². The molecule has 0 aliphatic carbocycles. The van der Waals surface area contributed by atoms with Gasteiger partial charge in [-0.1, -0.05) is 35.5 Å². The topological polar surface area (TPSA) is 120 Å². The predicted octanol–water partition coefficient (Wildman–Crippen LogP) is 1.63. The fourth-order valence-corrected chi connectivity index (χ4v) is 4.46. The van der Waals surface area contributed by atoms with E-state index in [-0.39, 0.29) is 18.5 Å². The molecule has 3 heterocycles. The summed E-state index contributed by atoms with van der Waals surface area (Å²) in [6, 6.07) is 14.4. The molecule has 11 heteroatoms. The van der Waals surface area contributed by atoms with E-state index in [0.29, 0.717) is 55.5 Å². The minimum Gasteiger partial charge on any atom is -0.493 e. The number of aromatic nitrogens is 3. The maximum absolute atomic E-state index is 13.2. The number of nitrogens with one attached hydrogen (secondary N) is 2. The summed E-state index contributed by atoms with van der Waals surface area (Å²) < 4.78 is 19.1. The van der Waals surface area contributed by atoms with Crippen LogP contribution in [0.3, 0.4) is 0 Å². The van der Waals surface area contributed by atoms with Gasteiger partial charge >= 0.3 is 6.03 Å². The van der Waals surface area contributed by atoms with Crippen LogP contribution >= 0.6 is 0 Å². The average molecular weight is 507 g/mol. The third-order valence-electron chi connectivity index (χ3n) is 6.44.